The Morgan fingerprint density at radius 2 is 1.96 bits per heavy atom. The Morgan fingerprint density at radius 3 is 2.76 bits per heavy atom. The number of amides is 1. The lowest BCUT2D eigenvalue weighted by Crippen LogP contribution is -2.39. The average Bonchev–Trinajstić information content (AvgIpc) is 3.06. The number of fused-ring (bicyclic) bond motifs is 2. The zero-order valence-electron chi connectivity index (χ0n) is 14.4. The summed E-state index contributed by atoms with van der Waals surface area (Å²) in [5.41, 5.74) is 0.908. The van der Waals surface area contributed by atoms with Crippen molar-refractivity contribution in [1.82, 2.24) is 9.80 Å². The molecule has 2 aliphatic heterocycles. The van der Waals surface area contributed by atoms with E-state index in [9.17, 15) is 13.6 Å². The number of hydrogen-bond acceptors (Lipinski definition) is 4. The van der Waals surface area contributed by atoms with E-state index in [4.69, 9.17) is 0 Å². The summed E-state index contributed by atoms with van der Waals surface area (Å²) in [6.07, 6.45) is -0.845. The van der Waals surface area contributed by atoms with Crippen LogP contribution in [0.1, 0.15) is 24.8 Å². The highest BCUT2D eigenvalue weighted by atomic mass is 19.3. The van der Waals surface area contributed by atoms with Crippen molar-refractivity contribution in [3.05, 3.63) is 23.8 Å². The van der Waals surface area contributed by atoms with Gasteiger partial charge in [0.1, 0.15) is 0 Å². The monoisotopic (exact) mass is 352 g/mol. The van der Waals surface area contributed by atoms with Crippen LogP contribution in [0.25, 0.3) is 0 Å². The molecule has 1 aliphatic carbocycles. The van der Waals surface area contributed by atoms with Crippen molar-refractivity contribution in [2.75, 3.05) is 20.6 Å². The minimum absolute atomic E-state index is 0.0739. The maximum absolute atomic E-state index is 13.1. The molecule has 4 rings (SSSR count). The van der Waals surface area contributed by atoms with Gasteiger partial charge in [-0.2, -0.15) is 0 Å². The minimum Gasteiger partial charge on any atom is -0.395 e. The van der Waals surface area contributed by atoms with Gasteiger partial charge in [0.15, 0.2) is 11.5 Å². The van der Waals surface area contributed by atoms with Gasteiger partial charge in [0.2, 0.25) is 5.91 Å². The highest BCUT2D eigenvalue weighted by molar-refractivity contribution is 5.77. The Hall–Kier alpha value is -1.89. The Balaban J connectivity index is 1.40. The van der Waals surface area contributed by atoms with E-state index < -0.39 is 6.29 Å². The van der Waals surface area contributed by atoms with Crippen molar-refractivity contribution in [2.24, 2.45) is 11.8 Å². The van der Waals surface area contributed by atoms with Gasteiger partial charge in [-0.05, 0) is 49.4 Å². The van der Waals surface area contributed by atoms with Crippen LogP contribution in [0.4, 0.5) is 8.78 Å². The van der Waals surface area contributed by atoms with Crippen molar-refractivity contribution in [2.45, 2.75) is 38.1 Å². The summed E-state index contributed by atoms with van der Waals surface area (Å²) >= 11 is 0. The maximum atomic E-state index is 13.1. The van der Waals surface area contributed by atoms with Crippen molar-refractivity contribution in [3.8, 4) is 11.5 Å². The maximum Gasteiger partial charge on any atom is 0.586 e. The topological polar surface area (TPSA) is 42.0 Å². The van der Waals surface area contributed by atoms with Crippen LogP contribution < -0.4 is 9.47 Å². The van der Waals surface area contributed by atoms with Gasteiger partial charge in [0.05, 0.1) is 0 Å². The molecule has 3 aliphatic rings. The summed E-state index contributed by atoms with van der Waals surface area (Å²) in [6.45, 7) is 1.49. The third kappa shape index (κ3) is 3.17. The summed E-state index contributed by atoms with van der Waals surface area (Å²) in [5.74, 6) is 1.42. The summed E-state index contributed by atoms with van der Waals surface area (Å²) in [7, 11) is 3.92. The van der Waals surface area contributed by atoms with Crippen LogP contribution in [0, 0.1) is 11.8 Å². The molecule has 1 amide bonds. The molecule has 0 unspecified atom stereocenters. The normalized spacial score (nSPS) is 30.0. The van der Waals surface area contributed by atoms with E-state index in [0.717, 1.165) is 24.9 Å². The van der Waals surface area contributed by atoms with Gasteiger partial charge in [-0.15, -0.1) is 8.78 Å². The predicted octanol–water partition coefficient (Wildman–Crippen LogP) is 2.70. The van der Waals surface area contributed by atoms with Gasteiger partial charge in [-0.25, -0.2) is 0 Å². The summed E-state index contributed by atoms with van der Waals surface area (Å²) in [6, 6.07) is 5.34. The van der Waals surface area contributed by atoms with Crippen molar-refractivity contribution >= 4 is 5.91 Å². The van der Waals surface area contributed by atoms with Crippen LogP contribution in [-0.2, 0) is 11.3 Å². The number of carbonyl (C=O) groups is 1. The predicted molar refractivity (Wildman–Crippen MR) is 86.4 cm³/mol. The number of carbonyl (C=O) groups excluding carboxylic acids is 1. The lowest BCUT2D eigenvalue weighted by Gasteiger charge is -2.31. The summed E-state index contributed by atoms with van der Waals surface area (Å²) in [5, 5.41) is 0. The molecular formula is C18H22F2N2O3. The Bertz CT molecular complexity index is 697. The largest absolute Gasteiger partial charge is 0.586 e. The highest BCUT2D eigenvalue weighted by Crippen LogP contribution is 2.42. The Kier molecular flexibility index (Phi) is 3.86. The van der Waals surface area contributed by atoms with Crippen LogP contribution in [0.15, 0.2) is 18.2 Å². The first-order valence-electron chi connectivity index (χ1n) is 8.64. The van der Waals surface area contributed by atoms with Gasteiger partial charge in [0, 0.05) is 32.6 Å². The molecule has 0 radical (unpaired) electrons. The lowest BCUT2D eigenvalue weighted by atomic mass is 9.88. The highest BCUT2D eigenvalue weighted by Gasteiger charge is 2.44. The van der Waals surface area contributed by atoms with Crippen LogP contribution in [-0.4, -0.2) is 48.7 Å². The Labute approximate surface area is 145 Å². The molecule has 0 spiro atoms. The second-order valence-corrected chi connectivity index (χ2v) is 7.49. The van der Waals surface area contributed by atoms with Crippen LogP contribution in [0.3, 0.4) is 0 Å². The fraction of sp³-hybridized carbons (Fsp3) is 0.611. The zero-order valence-corrected chi connectivity index (χ0v) is 14.4. The Morgan fingerprint density at radius 1 is 1.24 bits per heavy atom. The standard InChI is InChI=1S/C18H22F2N2O3/c1-21(14-6-12-8-17(23)22(2)10-13(12)7-14)9-11-3-4-15-16(5-11)25-18(19,20)24-15/h3-5,12-14H,6-10H2,1-2H3/t12-,13+,14-/m1/s1. The molecule has 1 aromatic rings. The molecule has 2 fully saturated rings. The third-order valence-electron chi connectivity index (χ3n) is 5.71. The minimum atomic E-state index is -3.58. The molecule has 25 heavy (non-hydrogen) atoms. The fourth-order valence-electron chi connectivity index (χ4n) is 4.36. The van der Waals surface area contributed by atoms with Crippen LogP contribution in [0.2, 0.25) is 0 Å². The summed E-state index contributed by atoms with van der Waals surface area (Å²) in [4.78, 5) is 16.0. The van der Waals surface area contributed by atoms with Crippen molar-refractivity contribution in [1.29, 1.82) is 0 Å². The van der Waals surface area contributed by atoms with Crippen molar-refractivity contribution in [3.63, 3.8) is 0 Å². The number of likely N-dealkylation sites (tertiary alicyclic amines) is 1. The van der Waals surface area contributed by atoms with Crippen LogP contribution >= 0.6 is 0 Å². The number of benzene rings is 1. The lowest BCUT2D eigenvalue weighted by molar-refractivity contribution is -0.286. The number of piperidine rings is 1. The first kappa shape index (κ1) is 16.6. The molecule has 5 nitrogen and oxygen atoms in total. The molecule has 2 heterocycles. The summed E-state index contributed by atoms with van der Waals surface area (Å²) < 4.78 is 35.2. The fourth-order valence-corrected chi connectivity index (χ4v) is 4.36. The second-order valence-electron chi connectivity index (χ2n) is 7.49. The number of nitrogens with zero attached hydrogens (tertiary/aromatic N) is 2. The van der Waals surface area contributed by atoms with E-state index in [0.29, 0.717) is 30.8 Å². The van der Waals surface area contributed by atoms with Gasteiger partial charge in [0.25, 0.3) is 0 Å². The first-order chi connectivity index (χ1) is 11.8. The smallest absolute Gasteiger partial charge is 0.395 e. The number of rotatable bonds is 3. The van der Waals surface area contributed by atoms with Gasteiger partial charge >= 0.3 is 6.29 Å². The average molecular weight is 352 g/mol. The van der Waals surface area contributed by atoms with Crippen LogP contribution in [0.5, 0.6) is 11.5 Å². The van der Waals surface area contributed by atoms with E-state index >= 15 is 0 Å². The molecule has 0 aromatic heterocycles. The van der Waals surface area contributed by atoms with E-state index in [1.807, 2.05) is 19.0 Å². The molecule has 1 saturated heterocycles. The molecular weight excluding hydrogens is 330 g/mol. The molecule has 1 aromatic carbocycles. The second kappa shape index (κ2) is 5.83. The van der Waals surface area contributed by atoms with Gasteiger partial charge < -0.3 is 14.4 Å². The number of alkyl halides is 2. The zero-order chi connectivity index (χ0) is 17.8. The quantitative estimate of drug-likeness (QED) is 0.839. The van der Waals surface area contributed by atoms with Gasteiger partial charge in [-0.3, -0.25) is 9.69 Å². The molecule has 7 heteroatoms. The molecule has 1 saturated carbocycles. The van der Waals surface area contributed by atoms with E-state index in [1.54, 1.807) is 12.1 Å². The molecule has 3 atom stereocenters. The number of hydrogen-bond donors (Lipinski definition) is 0. The third-order valence-corrected chi connectivity index (χ3v) is 5.71. The van der Waals surface area contributed by atoms with E-state index in [-0.39, 0.29) is 17.4 Å². The molecule has 136 valence electrons. The van der Waals surface area contributed by atoms with Gasteiger partial charge in [-0.1, -0.05) is 6.07 Å². The first-order valence-corrected chi connectivity index (χ1v) is 8.64. The van der Waals surface area contributed by atoms with Crippen molar-refractivity contribution < 1.29 is 23.0 Å². The molecule has 0 bridgehead atoms. The SMILES string of the molecule is CN1C[C@@H]2C[C@H](N(C)Cc3ccc4c(c3)OC(F)(F)O4)C[C@@H]2CC1=O. The number of halogens is 2. The van der Waals surface area contributed by atoms with E-state index in [2.05, 4.69) is 14.4 Å². The van der Waals surface area contributed by atoms with E-state index in [1.165, 1.54) is 6.07 Å². The molecule has 0 N–H and O–H groups in total. The number of ether oxygens (including phenoxy) is 2.